The number of urea groups is 1. The minimum absolute atomic E-state index is 0.143. The highest BCUT2D eigenvalue weighted by atomic mass is 19.1. The highest BCUT2D eigenvalue weighted by molar-refractivity contribution is 6.07. The van der Waals surface area contributed by atoms with E-state index in [4.69, 9.17) is 0 Å². The van der Waals surface area contributed by atoms with Gasteiger partial charge in [-0.3, -0.25) is 14.9 Å². The Morgan fingerprint density at radius 2 is 1.89 bits per heavy atom. The molecule has 2 heterocycles. The van der Waals surface area contributed by atoms with Crippen molar-refractivity contribution in [2.24, 2.45) is 0 Å². The summed E-state index contributed by atoms with van der Waals surface area (Å²) in [5.41, 5.74) is 1.34. The van der Waals surface area contributed by atoms with Gasteiger partial charge in [0.05, 0.1) is 5.69 Å². The highest BCUT2D eigenvalue weighted by Gasteiger charge is 2.43. The predicted molar refractivity (Wildman–Crippen MR) is 100 cm³/mol. The Morgan fingerprint density at radius 1 is 1.14 bits per heavy atom. The third-order valence-corrected chi connectivity index (χ3v) is 5.22. The van der Waals surface area contributed by atoms with E-state index < -0.39 is 29.2 Å². The monoisotopic (exact) mass is 382 g/mol. The number of benzene rings is 2. The molecule has 0 saturated carbocycles. The van der Waals surface area contributed by atoms with Gasteiger partial charge in [-0.15, -0.1) is 0 Å². The molecule has 4 amide bonds. The molecule has 0 spiro atoms. The molecule has 4 N–H and O–H groups in total. The van der Waals surface area contributed by atoms with Crippen LogP contribution in [0.4, 0.5) is 14.9 Å². The van der Waals surface area contributed by atoms with Gasteiger partial charge in [-0.1, -0.05) is 18.2 Å². The molecule has 28 heavy (non-hydrogen) atoms. The maximum Gasteiger partial charge on any atom is 0.322 e. The first-order chi connectivity index (χ1) is 13.4. The fraction of sp³-hybridized carbons (Fsp3) is 0.250. The van der Waals surface area contributed by atoms with Gasteiger partial charge in [0.25, 0.3) is 11.8 Å². The zero-order valence-electron chi connectivity index (χ0n) is 15.2. The number of imide groups is 1. The molecule has 1 atom stereocenters. The van der Waals surface area contributed by atoms with Crippen LogP contribution in [0.25, 0.3) is 0 Å². The summed E-state index contributed by atoms with van der Waals surface area (Å²) in [7, 11) is 0. The second-order valence-corrected chi connectivity index (χ2v) is 7.06. The molecule has 1 unspecified atom stereocenters. The average Bonchev–Trinajstić information content (AvgIpc) is 2.97. The number of hydrogen-bond acceptors (Lipinski definition) is 4. The van der Waals surface area contributed by atoms with E-state index in [1.54, 1.807) is 25.1 Å². The minimum atomic E-state index is -1.19. The third kappa shape index (κ3) is 3.01. The van der Waals surface area contributed by atoms with Crippen LogP contribution < -0.4 is 21.3 Å². The first kappa shape index (κ1) is 18.1. The van der Waals surface area contributed by atoms with Crippen molar-refractivity contribution in [2.75, 3.05) is 11.9 Å². The van der Waals surface area contributed by atoms with Crippen LogP contribution in [0.1, 0.15) is 34.0 Å². The Hall–Kier alpha value is -3.26. The van der Waals surface area contributed by atoms with E-state index in [9.17, 15) is 18.8 Å². The largest absolute Gasteiger partial charge is 0.322 e. The van der Waals surface area contributed by atoms with E-state index in [2.05, 4.69) is 21.3 Å². The molecular weight excluding hydrogens is 363 g/mol. The van der Waals surface area contributed by atoms with Crippen LogP contribution in [0.5, 0.6) is 0 Å². The quantitative estimate of drug-likeness (QED) is 0.608. The molecule has 0 radical (unpaired) electrons. The van der Waals surface area contributed by atoms with Gasteiger partial charge >= 0.3 is 6.03 Å². The zero-order chi connectivity index (χ0) is 19.9. The van der Waals surface area contributed by atoms with Crippen molar-refractivity contribution in [3.05, 3.63) is 64.5 Å². The van der Waals surface area contributed by atoms with E-state index in [-0.39, 0.29) is 5.69 Å². The molecule has 4 rings (SSSR count). The Kier molecular flexibility index (Phi) is 4.35. The maximum atomic E-state index is 14.7. The van der Waals surface area contributed by atoms with Gasteiger partial charge in [0, 0.05) is 12.1 Å². The fourth-order valence-electron chi connectivity index (χ4n) is 3.53. The lowest BCUT2D eigenvalue weighted by Gasteiger charge is -2.21. The van der Waals surface area contributed by atoms with E-state index >= 15 is 0 Å². The lowest BCUT2D eigenvalue weighted by Crippen LogP contribution is -2.40. The van der Waals surface area contributed by atoms with Crippen LogP contribution in [0.3, 0.4) is 0 Å². The standard InChI is InChI=1S/C20H19FN4O3/c1-20(18(27)24-19(28)25-20)13-5-2-11(3-6-13)17(26)23-15-7-4-12-10-22-9-8-14(12)16(15)21/h2-7,22H,8-10H2,1H3,(H,23,26)(H2,24,25,27,28). The predicted octanol–water partition coefficient (Wildman–Crippen LogP) is 1.78. The molecule has 0 bridgehead atoms. The van der Waals surface area contributed by atoms with Crippen LogP contribution in [-0.2, 0) is 23.3 Å². The lowest BCUT2D eigenvalue weighted by molar-refractivity contribution is -0.123. The Balaban J connectivity index is 1.53. The van der Waals surface area contributed by atoms with Gasteiger partial charge in [-0.2, -0.15) is 0 Å². The van der Waals surface area contributed by atoms with E-state index in [1.165, 1.54) is 12.1 Å². The van der Waals surface area contributed by atoms with Crippen molar-refractivity contribution in [3.63, 3.8) is 0 Å². The summed E-state index contributed by atoms with van der Waals surface area (Å²) in [5.74, 6) is -1.31. The van der Waals surface area contributed by atoms with Crippen molar-refractivity contribution in [2.45, 2.75) is 25.4 Å². The molecule has 1 saturated heterocycles. The molecule has 0 aromatic heterocycles. The number of rotatable bonds is 3. The first-order valence-electron chi connectivity index (χ1n) is 8.95. The summed E-state index contributed by atoms with van der Waals surface area (Å²) < 4.78 is 14.7. The Bertz CT molecular complexity index is 990. The molecule has 2 aliphatic rings. The summed E-state index contributed by atoms with van der Waals surface area (Å²) in [5, 5.41) is 10.5. The Morgan fingerprint density at radius 3 is 2.57 bits per heavy atom. The van der Waals surface area contributed by atoms with Gasteiger partial charge < -0.3 is 16.0 Å². The van der Waals surface area contributed by atoms with Crippen molar-refractivity contribution in [1.29, 1.82) is 0 Å². The summed E-state index contributed by atoms with van der Waals surface area (Å²) in [4.78, 5) is 35.9. The highest BCUT2D eigenvalue weighted by Crippen LogP contribution is 2.26. The van der Waals surface area contributed by atoms with Crippen LogP contribution >= 0.6 is 0 Å². The molecule has 144 valence electrons. The SMILES string of the molecule is CC1(c2ccc(C(=O)Nc3ccc4c(c3F)CCNC4)cc2)NC(=O)NC1=O. The Labute approximate surface area is 160 Å². The fourth-order valence-corrected chi connectivity index (χ4v) is 3.53. The van der Waals surface area contributed by atoms with E-state index in [1.807, 2.05) is 6.07 Å². The number of fused-ring (bicyclic) bond motifs is 1. The number of hydrogen-bond donors (Lipinski definition) is 4. The molecule has 7 nitrogen and oxygen atoms in total. The van der Waals surface area contributed by atoms with Crippen LogP contribution in [0, 0.1) is 5.82 Å². The van der Waals surface area contributed by atoms with Gasteiger partial charge in [0.2, 0.25) is 0 Å². The minimum Gasteiger partial charge on any atom is -0.320 e. The van der Waals surface area contributed by atoms with Gasteiger partial charge in [0.15, 0.2) is 0 Å². The molecule has 0 aliphatic carbocycles. The van der Waals surface area contributed by atoms with Gasteiger partial charge in [-0.05, 0) is 54.8 Å². The lowest BCUT2D eigenvalue weighted by atomic mass is 9.91. The summed E-state index contributed by atoms with van der Waals surface area (Å²) in [6.07, 6.45) is 0.575. The van der Waals surface area contributed by atoms with Gasteiger partial charge in [-0.25, -0.2) is 9.18 Å². The first-order valence-corrected chi connectivity index (χ1v) is 8.95. The van der Waals surface area contributed by atoms with Crippen LogP contribution in [-0.4, -0.2) is 24.4 Å². The molecule has 2 aromatic carbocycles. The normalized spacial score (nSPS) is 20.9. The number of amides is 4. The smallest absolute Gasteiger partial charge is 0.320 e. The van der Waals surface area contributed by atoms with Crippen molar-refractivity contribution < 1.29 is 18.8 Å². The van der Waals surface area contributed by atoms with E-state index in [0.717, 1.165) is 5.56 Å². The van der Waals surface area contributed by atoms with E-state index in [0.29, 0.717) is 36.2 Å². The van der Waals surface area contributed by atoms with Crippen molar-refractivity contribution in [1.82, 2.24) is 16.0 Å². The van der Waals surface area contributed by atoms with Crippen LogP contribution in [0.15, 0.2) is 36.4 Å². The number of halogens is 1. The molecule has 2 aromatic rings. The third-order valence-electron chi connectivity index (χ3n) is 5.22. The number of carbonyl (C=O) groups excluding carboxylic acids is 3. The van der Waals surface area contributed by atoms with Crippen LogP contribution in [0.2, 0.25) is 0 Å². The molecule has 1 fully saturated rings. The zero-order valence-corrected chi connectivity index (χ0v) is 15.2. The summed E-state index contributed by atoms with van der Waals surface area (Å²) >= 11 is 0. The molecular formula is C20H19FN4O3. The second-order valence-electron chi connectivity index (χ2n) is 7.06. The second kappa shape index (κ2) is 6.72. The summed E-state index contributed by atoms with van der Waals surface area (Å²) in [6, 6.07) is 9.07. The topological polar surface area (TPSA) is 99.3 Å². The van der Waals surface area contributed by atoms with Gasteiger partial charge in [0.1, 0.15) is 11.4 Å². The number of anilines is 1. The molecule has 2 aliphatic heterocycles. The maximum absolute atomic E-state index is 14.7. The number of carbonyl (C=O) groups is 3. The summed E-state index contributed by atoms with van der Waals surface area (Å²) in [6.45, 7) is 2.90. The van der Waals surface area contributed by atoms with Crippen molar-refractivity contribution in [3.8, 4) is 0 Å². The number of nitrogens with one attached hydrogen (secondary N) is 4. The van der Waals surface area contributed by atoms with Crippen molar-refractivity contribution >= 4 is 23.5 Å². The molecule has 8 heteroatoms. The average molecular weight is 382 g/mol.